The number of rotatable bonds is 5. The molecule has 0 atom stereocenters. The van der Waals surface area contributed by atoms with Gasteiger partial charge in [0.05, 0.1) is 5.75 Å². The maximum absolute atomic E-state index is 12.5. The Balaban J connectivity index is 1.67. The number of benzene rings is 2. The molecule has 0 fully saturated rings. The standard InChI is InChI=1S/C17H10ClF3N2O2S/c18-12-2-1-3-13(8-12)26-9-14(24)10-4-6-11(7-5-10)15-22-16(25-23-15)17(19,20)21/h1-8H,9H2. The number of ketones is 1. The maximum atomic E-state index is 12.5. The normalized spacial score (nSPS) is 11.5. The van der Waals surface area contributed by atoms with Crippen molar-refractivity contribution in [3.63, 3.8) is 0 Å². The fraction of sp³-hybridized carbons (Fsp3) is 0.118. The number of hydrogen-bond acceptors (Lipinski definition) is 5. The van der Waals surface area contributed by atoms with E-state index in [-0.39, 0.29) is 17.4 Å². The lowest BCUT2D eigenvalue weighted by molar-refractivity contribution is -0.159. The first-order valence-electron chi connectivity index (χ1n) is 7.26. The molecule has 2 aromatic carbocycles. The topological polar surface area (TPSA) is 56.0 Å². The van der Waals surface area contributed by atoms with Crippen molar-refractivity contribution in [2.24, 2.45) is 0 Å². The van der Waals surface area contributed by atoms with Crippen molar-refractivity contribution in [3.05, 3.63) is 65.0 Å². The average molecular weight is 399 g/mol. The smallest absolute Gasteiger partial charge is 0.329 e. The van der Waals surface area contributed by atoms with Gasteiger partial charge in [-0.05, 0) is 18.2 Å². The minimum Gasteiger partial charge on any atom is -0.329 e. The molecule has 0 saturated carbocycles. The van der Waals surface area contributed by atoms with Crippen LogP contribution in [0.1, 0.15) is 16.2 Å². The molecule has 0 aliphatic heterocycles. The number of hydrogen-bond donors (Lipinski definition) is 0. The van der Waals surface area contributed by atoms with E-state index in [0.717, 1.165) is 4.90 Å². The largest absolute Gasteiger partial charge is 0.471 e. The molecule has 0 N–H and O–H groups in total. The first kappa shape index (κ1) is 18.5. The highest BCUT2D eigenvalue weighted by molar-refractivity contribution is 8.00. The molecule has 0 aliphatic rings. The summed E-state index contributed by atoms with van der Waals surface area (Å²) in [7, 11) is 0. The van der Waals surface area contributed by atoms with Crippen LogP contribution in [-0.2, 0) is 6.18 Å². The summed E-state index contributed by atoms with van der Waals surface area (Å²) in [6.07, 6.45) is -4.70. The number of alkyl halides is 3. The van der Waals surface area contributed by atoms with Gasteiger partial charge in [0.2, 0.25) is 5.82 Å². The Kier molecular flexibility index (Phi) is 5.33. The summed E-state index contributed by atoms with van der Waals surface area (Å²) in [4.78, 5) is 16.4. The molecule has 134 valence electrons. The van der Waals surface area contributed by atoms with Gasteiger partial charge in [-0.1, -0.05) is 47.1 Å². The van der Waals surface area contributed by atoms with Gasteiger partial charge in [-0.15, -0.1) is 11.8 Å². The van der Waals surface area contributed by atoms with Crippen molar-refractivity contribution < 1.29 is 22.5 Å². The fourth-order valence-electron chi connectivity index (χ4n) is 2.05. The summed E-state index contributed by atoms with van der Waals surface area (Å²) in [6, 6.07) is 13.1. The number of carbonyl (C=O) groups excluding carboxylic acids is 1. The minimum absolute atomic E-state index is 0.120. The molecule has 0 bridgehead atoms. The molecule has 1 heterocycles. The van der Waals surface area contributed by atoms with Gasteiger partial charge in [-0.25, -0.2) is 0 Å². The Bertz CT molecular complexity index is 926. The van der Waals surface area contributed by atoms with E-state index >= 15 is 0 Å². The number of thioether (sulfide) groups is 1. The minimum atomic E-state index is -4.70. The molecular formula is C17H10ClF3N2O2S. The number of nitrogens with zero attached hydrogens (tertiary/aromatic N) is 2. The lowest BCUT2D eigenvalue weighted by Gasteiger charge is -2.03. The van der Waals surface area contributed by atoms with Crippen LogP contribution in [0.2, 0.25) is 5.02 Å². The van der Waals surface area contributed by atoms with E-state index in [0.29, 0.717) is 16.1 Å². The van der Waals surface area contributed by atoms with E-state index in [2.05, 4.69) is 14.7 Å². The summed E-state index contributed by atoms with van der Waals surface area (Å²) in [5.74, 6) is -1.51. The SMILES string of the molecule is O=C(CSc1cccc(Cl)c1)c1ccc(-c2noc(C(F)(F)F)n2)cc1. The van der Waals surface area contributed by atoms with Gasteiger partial charge in [-0.3, -0.25) is 4.79 Å². The van der Waals surface area contributed by atoms with Crippen LogP contribution in [0.5, 0.6) is 0 Å². The third-order valence-corrected chi connectivity index (χ3v) is 4.53. The van der Waals surface area contributed by atoms with E-state index in [1.807, 2.05) is 6.07 Å². The van der Waals surface area contributed by atoms with Crippen molar-refractivity contribution in [2.45, 2.75) is 11.1 Å². The molecule has 0 saturated heterocycles. The van der Waals surface area contributed by atoms with Crippen LogP contribution in [0.25, 0.3) is 11.4 Å². The van der Waals surface area contributed by atoms with Gasteiger partial charge in [0.1, 0.15) is 0 Å². The molecule has 3 rings (SSSR count). The van der Waals surface area contributed by atoms with Gasteiger partial charge in [-0.2, -0.15) is 18.2 Å². The molecule has 0 amide bonds. The quantitative estimate of drug-likeness (QED) is 0.426. The van der Waals surface area contributed by atoms with E-state index in [1.54, 1.807) is 18.2 Å². The Morgan fingerprint density at radius 3 is 2.50 bits per heavy atom. The average Bonchev–Trinajstić information content (AvgIpc) is 3.10. The fourth-order valence-corrected chi connectivity index (χ4v) is 3.15. The third-order valence-electron chi connectivity index (χ3n) is 3.30. The van der Waals surface area contributed by atoms with Gasteiger partial charge >= 0.3 is 12.1 Å². The Morgan fingerprint density at radius 2 is 1.88 bits per heavy atom. The second kappa shape index (κ2) is 7.51. The molecule has 3 aromatic rings. The van der Waals surface area contributed by atoms with Gasteiger partial charge in [0, 0.05) is 21.0 Å². The van der Waals surface area contributed by atoms with Crippen LogP contribution in [0.3, 0.4) is 0 Å². The summed E-state index contributed by atoms with van der Waals surface area (Å²) in [5.41, 5.74) is 0.756. The van der Waals surface area contributed by atoms with E-state index in [4.69, 9.17) is 11.6 Å². The second-order valence-corrected chi connectivity index (χ2v) is 6.65. The van der Waals surface area contributed by atoms with Crippen LogP contribution in [-0.4, -0.2) is 21.7 Å². The number of carbonyl (C=O) groups is 1. The molecule has 1 aromatic heterocycles. The van der Waals surface area contributed by atoms with Gasteiger partial charge in [0.25, 0.3) is 0 Å². The predicted molar refractivity (Wildman–Crippen MR) is 91.2 cm³/mol. The van der Waals surface area contributed by atoms with Gasteiger partial charge < -0.3 is 4.52 Å². The Labute approximate surface area is 155 Å². The molecule has 0 radical (unpaired) electrons. The summed E-state index contributed by atoms with van der Waals surface area (Å²) >= 11 is 7.24. The zero-order valence-corrected chi connectivity index (χ0v) is 14.5. The van der Waals surface area contributed by atoms with E-state index < -0.39 is 12.1 Å². The van der Waals surface area contributed by atoms with Crippen LogP contribution in [0, 0.1) is 0 Å². The summed E-state index contributed by atoms with van der Waals surface area (Å²) in [5, 5.41) is 3.89. The molecular weight excluding hydrogens is 389 g/mol. The van der Waals surface area contributed by atoms with Crippen molar-refractivity contribution in [1.82, 2.24) is 10.1 Å². The zero-order chi connectivity index (χ0) is 18.7. The van der Waals surface area contributed by atoms with E-state index in [9.17, 15) is 18.0 Å². The lowest BCUT2D eigenvalue weighted by Crippen LogP contribution is -2.05. The van der Waals surface area contributed by atoms with Gasteiger partial charge in [0.15, 0.2) is 5.78 Å². The highest BCUT2D eigenvalue weighted by Crippen LogP contribution is 2.29. The highest BCUT2D eigenvalue weighted by atomic mass is 35.5. The van der Waals surface area contributed by atoms with Crippen molar-refractivity contribution in [3.8, 4) is 11.4 Å². The summed E-state index contributed by atoms with van der Waals surface area (Å²) < 4.78 is 41.6. The molecule has 0 aliphatic carbocycles. The number of halogens is 4. The van der Waals surface area contributed by atoms with Crippen molar-refractivity contribution in [2.75, 3.05) is 5.75 Å². The first-order chi connectivity index (χ1) is 12.3. The van der Waals surface area contributed by atoms with Crippen LogP contribution >= 0.6 is 23.4 Å². The van der Waals surface area contributed by atoms with E-state index in [1.165, 1.54) is 36.0 Å². The lowest BCUT2D eigenvalue weighted by atomic mass is 10.1. The maximum Gasteiger partial charge on any atom is 0.471 e. The molecule has 0 unspecified atom stereocenters. The van der Waals surface area contributed by atoms with Crippen molar-refractivity contribution in [1.29, 1.82) is 0 Å². The first-order valence-corrected chi connectivity index (χ1v) is 8.62. The van der Waals surface area contributed by atoms with Crippen LogP contribution in [0.15, 0.2) is 57.9 Å². The molecule has 9 heteroatoms. The Hall–Kier alpha value is -2.32. The highest BCUT2D eigenvalue weighted by Gasteiger charge is 2.38. The summed E-state index contributed by atoms with van der Waals surface area (Å²) in [6.45, 7) is 0. The number of Topliss-reactive ketones (excluding diaryl/α,β-unsaturated/α-hetero) is 1. The third kappa shape index (κ3) is 4.44. The Morgan fingerprint density at radius 1 is 1.15 bits per heavy atom. The predicted octanol–water partition coefficient (Wildman–Crippen LogP) is 5.38. The van der Waals surface area contributed by atoms with Crippen LogP contribution < -0.4 is 0 Å². The second-order valence-electron chi connectivity index (χ2n) is 5.17. The monoisotopic (exact) mass is 398 g/mol. The zero-order valence-electron chi connectivity index (χ0n) is 13.0. The molecule has 0 spiro atoms. The molecule has 4 nitrogen and oxygen atoms in total. The number of aromatic nitrogens is 2. The van der Waals surface area contributed by atoms with Crippen molar-refractivity contribution >= 4 is 29.1 Å². The van der Waals surface area contributed by atoms with Crippen LogP contribution in [0.4, 0.5) is 13.2 Å². The molecule has 26 heavy (non-hydrogen) atoms.